The zero-order valence-corrected chi connectivity index (χ0v) is 15.6. The molecule has 0 aliphatic carbocycles. The normalized spacial score (nSPS) is 16.4. The third kappa shape index (κ3) is 6.06. The summed E-state index contributed by atoms with van der Waals surface area (Å²) in [5.41, 5.74) is 5.67. The molecule has 1 saturated heterocycles. The molecule has 1 heterocycles. The first-order valence-electron chi connectivity index (χ1n) is 8.30. The van der Waals surface area contributed by atoms with Gasteiger partial charge in [-0.05, 0) is 57.1 Å². The van der Waals surface area contributed by atoms with Gasteiger partial charge in [0.2, 0.25) is 0 Å². The van der Waals surface area contributed by atoms with Gasteiger partial charge in [0, 0.05) is 18.7 Å². The topological polar surface area (TPSA) is 80.9 Å². The summed E-state index contributed by atoms with van der Waals surface area (Å²) in [6.45, 7) is 5.27. The van der Waals surface area contributed by atoms with E-state index in [0.29, 0.717) is 28.7 Å². The van der Waals surface area contributed by atoms with Crippen molar-refractivity contribution in [3.8, 4) is 11.5 Å². The van der Waals surface area contributed by atoms with E-state index >= 15 is 0 Å². The Morgan fingerprint density at radius 1 is 1.36 bits per heavy atom. The second-order valence-corrected chi connectivity index (χ2v) is 6.36. The van der Waals surface area contributed by atoms with Crippen molar-refractivity contribution in [3.05, 3.63) is 23.8 Å². The highest BCUT2D eigenvalue weighted by atomic mass is 32.1. The Kier molecular flexibility index (Phi) is 7.27. The summed E-state index contributed by atoms with van der Waals surface area (Å²) >= 11 is 5.14. The van der Waals surface area contributed by atoms with E-state index in [4.69, 9.17) is 26.4 Å². The molecule has 8 heteroatoms. The van der Waals surface area contributed by atoms with E-state index in [0.717, 1.165) is 19.4 Å². The molecule has 0 aromatic heterocycles. The van der Waals surface area contributed by atoms with Crippen molar-refractivity contribution in [2.75, 3.05) is 20.3 Å². The molecule has 2 rings (SSSR count). The minimum Gasteiger partial charge on any atom is -0.493 e. The molecule has 1 aromatic carbocycles. The summed E-state index contributed by atoms with van der Waals surface area (Å²) in [6.07, 6.45) is 2.28. The molecular weight excluding hydrogens is 342 g/mol. The van der Waals surface area contributed by atoms with E-state index in [2.05, 4.69) is 16.2 Å². The van der Waals surface area contributed by atoms with Gasteiger partial charge in [0.1, 0.15) is 0 Å². The molecule has 25 heavy (non-hydrogen) atoms. The number of nitrogens with one attached hydrogen (secondary N) is 3. The molecule has 1 amide bonds. The number of benzene rings is 1. The maximum Gasteiger partial charge on any atom is 0.269 e. The minimum atomic E-state index is -0.323. The van der Waals surface area contributed by atoms with Gasteiger partial charge in [0.15, 0.2) is 16.6 Å². The third-order valence-corrected chi connectivity index (χ3v) is 3.84. The first-order chi connectivity index (χ1) is 12.0. The van der Waals surface area contributed by atoms with Gasteiger partial charge in [0.25, 0.3) is 5.91 Å². The number of methoxy groups -OCH3 is 1. The minimum absolute atomic E-state index is 0.0162. The Labute approximate surface area is 153 Å². The third-order valence-electron chi connectivity index (χ3n) is 3.59. The van der Waals surface area contributed by atoms with E-state index in [1.54, 1.807) is 18.2 Å². The highest BCUT2D eigenvalue weighted by molar-refractivity contribution is 7.80. The summed E-state index contributed by atoms with van der Waals surface area (Å²) in [6, 6.07) is 5.00. The van der Waals surface area contributed by atoms with Crippen LogP contribution in [0.1, 0.15) is 37.0 Å². The molecule has 0 bridgehead atoms. The molecule has 3 N–H and O–H groups in total. The number of rotatable bonds is 6. The number of ether oxygens (including phenoxy) is 3. The molecule has 138 valence electrons. The molecule has 1 aromatic rings. The van der Waals surface area contributed by atoms with Crippen LogP contribution in [0.4, 0.5) is 0 Å². The Morgan fingerprint density at radius 2 is 2.16 bits per heavy atom. The maximum atomic E-state index is 12.2. The Hall–Kier alpha value is -2.06. The van der Waals surface area contributed by atoms with Gasteiger partial charge in [-0.3, -0.25) is 15.6 Å². The lowest BCUT2D eigenvalue weighted by Gasteiger charge is -2.16. The monoisotopic (exact) mass is 367 g/mol. The molecule has 0 radical (unpaired) electrons. The van der Waals surface area contributed by atoms with Crippen LogP contribution >= 0.6 is 12.2 Å². The Balaban J connectivity index is 1.84. The molecule has 7 nitrogen and oxygen atoms in total. The van der Waals surface area contributed by atoms with E-state index in [1.807, 2.05) is 13.8 Å². The largest absolute Gasteiger partial charge is 0.493 e. The number of amides is 1. The number of carbonyl (C=O) groups is 1. The zero-order chi connectivity index (χ0) is 18.2. The van der Waals surface area contributed by atoms with Crippen molar-refractivity contribution >= 4 is 23.2 Å². The highest BCUT2D eigenvalue weighted by Gasteiger charge is 2.16. The molecule has 0 spiro atoms. The SMILES string of the molecule is COc1cc(C(=O)NNC(=S)NC[C@@H]2CCCO2)ccc1OC(C)C. The van der Waals surface area contributed by atoms with Crippen molar-refractivity contribution in [1.29, 1.82) is 0 Å². The molecule has 1 atom stereocenters. The average Bonchev–Trinajstić information content (AvgIpc) is 3.11. The molecule has 1 aliphatic heterocycles. The fraction of sp³-hybridized carbons (Fsp3) is 0.529. The predicted molar refractivity (Wildman–Crippen MR) is 98.9 cm³/mol. The predicted octanol–water partition coefficient (Wildman–Crippen LogP) is 1.77. The summed E-state index contributed by atoms with van der Waals surface area (Å²) in [5, 5.41) is 3.36. The zero-order valence-electron chi connectivity index (χ0n) is 14.8. The van der Waals surface area contributed by atoms with Gasteiger partial charge in [-0.15, -0.1) is 0 Å². The molecular formula is C17H25N3O4S. The van der Waals surface area contributed by atoms with E-state index < -0.39 is 0 Å². The lowest BCUT2D eigenvalue weighted by Crippen LogP contribution is -2.48. The molecule has 0 saturated carbocycles. The first-order valence-corrected chi connectivity index (χ1v) is 8.71. The van der Waals surface area contributed by atoms with E-state index in [-0.39, 0.29) is 18.1 Å². The smallest absolute Gasteiger partial charge is 0.269 e. The van der Waals surface area contributed by atoms with Crippen LogP contribution in [0.15, 0.2) is 18.2 Å². The number of hydrazine groups is 1. The van der Waals surface area contributed by atoms with Gasteiger partial charge >= 0.3 is 0 Å². The van der Waals surface area contributed by atoms with Crippen molar-refractivity contribution in [2.24, 2.45) is 0 Å². The van der Waals surface area contributed by atoms with Gasteiger partial charge in [0.05, 0.1) is 19.3 Å². The van der Waals surface area contributed by atoms with Gasteiger partial charge in [-0.1, -0.05) is 0 Å². The first kappa shape index (κ1) is 19.3. The van der Waals surface area contributed by atoms with Crippen LogP contribution in [-0.4, -0.2) is 43.5 Å². The van der Waals surface area contributed by atoms with Crippen LogP contribution in [0.2, 0.25) is 0 Å². The second-order valence-electron chi connectivity index (χ2n) is 5.96. The van der Waals surface area contributed by atoms with Crippen LogP contribution in [0.25, 0.3) is 0 Å². The summed E-state index contributed by atoms with van der Waals surface area (Å²) in [5.74, 6) is 0.770. The summed E-state index contributed by atoms with van der Waals surface area (Å²) in [7, 11) is 1.53. The Bertz CT molecular complexity index is 604. The molecule has 0 unspecified atom stereocenters. The fourth-order valence-corrected chi connectivity index (χ4v) is 2.54. The molecule has 1 aliphatic rings. The number of thiocarbonyl (C=S) groups is 1. The lowest BCUT2D eigenvalue weighted by atomic mass is 10.2. The van der Waals surface area contributed by atoms with Gasteiger partial charge in [-0.2, -0.15) is 0 Å². The quantitative estimate of drug-likeness (QED) is 0.522. The van der Waals surface area contributed by atoms with E-state index in [1.165, 1.54) is 7.11 Å². The van der Waals surface area contributed by atoms with Gasteiger partial charge in [-0.25, -0.2) is 0 Å². The van der Waals surface area contributed by atoms with Gasteiger partial charge < -0.3 is 19.5 Å². The van der Waals surface area contributed by atoms with Crippen LogP contribution in [0.3, 0.4) is 0 Å². The molecule has 1 fully saturated rings. The fourth-order valence-electron chi connectivity index (χ4n) is 2.40. The highest BCUT2D eigenvalue weighted by Crippen LogP contribution is 2.28. The summed E-state index contributed by atoms with van der Waals surface area (Å²) < 4.78 is 16.4. The van der Waals surface area contributed by atoms with Crippen LogP contribution < -0.4 is 25.6 Å². The number of hydrogen-bond acceptors (Lipinski definition) is 5. The second kappa shape index (κ2) is 9.43. The van der Waals surface area contributed by atoms with Crippen molar-refractivity contribution in [1.82, 2.24) is 16.2 Å². The van der Waals surface area contributed by atoms with Crippen molar-refractivity contribution in [2.45, 2.75) is 38.9 Å². The van der Waals surface area contributed by atoms with Crippen molar-refractivity contribution < 1.29 is 19.0 Å². The number of carbonyl (C=O) groups excluding carboxylic acids is 1. The average molecular weight is 367 g/mol. The Morgan fingerprint density at radius 3 is 2.80 bits per heavy atom. The van der Waals surface area contributed by atoms with Crippen LogP contribution in [0.5, 0.6) is 11.5 Å². The van der Waals surface area contributed by atoms with E-state index in [9.17, 15) is 4.79 Å². The number of hydrogen-bond donors (Lipinski definition) is 3. The lowest BCUT2D eigenvalue weighted by molar-refractivity contribution is 0.0942. The standard InChI is InChI=1S/C17H25N3O4S/c1-11(2)24-14-7-6-12(9-15(14)22-3)16(21)19-20-17(25)18-10-13-5-4-8-23-13/h6-7,9,11,13H,4-5,8,10H2,1-3H3,(H,19,21)(H2,18,20,25)/t13-/m0/s1. The van der Waals surface area contributed by atoms with Crippen molar-refractivity contribution in [3.63, 3.8) is 0 Å². The van der Waals surface area contributed by atoms with Crippen LogP contribution in [-0.2, 0) is 4.74 Å². The maximum absolute atomic E-state index is 12.2. The van der Waals surface area contributed by atoms with Crippen LogP contribution in [0, 0.1) is 0 Å². The summed E-state index contributed by atoms with van der Waals surface area (Å²) in [4.78, 5) is 12.2.